The van der Waals surface area contributed by atoms with Crippen molar-refractivity contribution in [3.05, 3.63) is 34.4 Å². The Morgan fingerprint density at radius 1 is 1.50 bits per heavy atom. The average Bonchev–Trinajstić information content (AvgIpc) is 2.19. The van der Waals surface area contributed by atoms with Crippen LogP contribution in [0.3, 0.4) is 0 Å². The topological polar surface area (TPSA) is 35.2 Å². The van der Waals surface area contributed by atoms with E-state index in [1.165, 1.54) is 0 Å². The Morgan fingerprint density at radius 2 is 2.21 bits per heavy atom. The molecule has 0 aliphatic heterocycles. The number of hydrogen-bond acceptors (Lipinski definition) is 2. The Hall–Kier alpha value is -0.990. The molecule has 0 heterocycles. The standard InChI is InChI=1S/C11H14ClNO/c1-8-5-6-10(12)11(14-2)9(8)4-3-7-13/h3-6H,7,13H2,1-2H3/b4-3+. The third kappa shape index (κ3) is 2.28. The van der Waals surface area contributed by atoms with Gasteiger partial charge in [0.05, 0.1) is 12.1 Å². The lowest BCUT2D eigenvalue weighted by Gasteiger charge is -2.09. The maximum Gasteiger partial charge on any atom is 0.144 e. The number of methoxy groups -OCH3 is 1. The maximum absolute atomic E-state index is 5.99. The summed E-state index contributed by atoms with van der Waals surface area (Å²) in [6.07, 6.45) is 3.81. The Balaban J connectivity index is 3.22. The van der Waals surface area contributed by atoms with Gasteiger partial charge in [-0.25, -0.2) is 0 Å². The molecule has 0 unspecified atom stereocenters. The number of ether oxygens (including phenoxy) is 1. The summed E-state index contributed by atoms with van der Waals surface area (Å²) in [5, 5.41) is 0.620. The van der Waals surface area contributed by atoms with E-state index in [2.05, 4.69) is 0 Å². The first-order valence-electron chi connectivity index (χ1n) is 4.40. The molecule has 76 valence electrons. The normalized spacial score (nSPS) is 10.9. The fraction of sp³-hybridized carbons (Fsp3) is 0.273. The van der Waals surface area contributed by atoms with Crippen LogP contribution in [-0.2, 0) is 0 Å². The summed E-state index contributed by atoms with van der Waals surface area (Å²) in [5.74, 6) is 0.705. The largest absolute Gasteiger partial charge is 0.495 e. The third-order valence-corrected chi connectivity index (χ3v) is 2.29. The highest BCUT2D eigenvalue weighted by atomic mass is 35.5. The summed E-state index contributed by atoms with van der Waals surface area (Å²) in [5.41, 5.74) is 7.51. The zero-order valence-electron chi connectivity index (χ0n) is 8.38. The van der Waals surface area contributed by atoms with Crippen LogP contribution in [0, 0.1) is 6.92 Å². The van der Waals surface area contributed by atoms with Crippen molar-refractivity contribution >= 4 is 17.7 Å². The predicted octanol–water partition coefficient (Wildman–Crippen LogP) is 2.63. The molecule has 0 aliphatic rings. The SMILES string of the molecule is COc1c(Cl)ccc(C)c1/C=C/CN. The molecule has 0 spiro atoms. The molecule has 1 rings (SSSR count). The van der Waals surface area contributed by atoms with Crippen molar-refractivity contribution < 1.29 is 4.74 Å². The van der Waals surface area contributed by atoms with E-state index in [-0.39, 0.29) is 0 Å². The minimum Gasteiger partial charge on any atom is -0.495 e. The summed E-state index contributed by atoms with van der Waals surface area (Å²) in [7, 11) is 1.61. The summed E-state index contributed by atoms with van der Waals surface area (Å²) in [6, 6.07) is 3.79. The fourth-order valence-electron chi connectivity index (χ4n) is 1.27. The summed E-state index contributed by atoms with van der Waals surface area (Å²) < 4.78 is 5.23. The van der Waals surface area contributed by atoms with E-state index in [4.69, 9.17) is 22.1 Å². The van der Waals surface area contributed by atoms with Gasteiger partial charge in [-0.3, -0.25) is 0 Å². The molecule has 2 N–H and O–H groups in total. The number of benzene rings is 1. The molecule has 0 saturated heterocycles. The molecule has 0 aliphatic carbocycles. The molecular formula is C11H14ClNO. The Morgan fingerprint density at radius 3 is 2.79 bits per heavy atom. The fourth-order valence-corrected chi connectivity index (χ4v) is 1.51. The minimum absolute atomic E-state index is 0.509. The van der Waals surface area contributed by atoms with Gasteiger partial charge >= 0.3 is 0 Å². The van der Waals surface area contributed by atoms with Crippen molar-refractivity contribution in [3.8, 4) is 5.75 Å². The lowest BCUT2D eigenvalue weighted by atomic mass is 10.1. The number of halogens is 1. The van der Waals surface area contributed by atoms with Crippen molar-refractivity contribution in [3.63, 3.8) is 0 Å². The maximum atomic E-state index is 5.99. The molecule has 3 heteroatoms. The zero-order chi connectivity index (χ0) is 10.6. The average molecular weight is 212 g/mol. The summed E-state index contributed by atoms with van der Waals surface area (Å²) in [4.78, 5) is 0. The van der Waals surface area contributed by atoms with Crippen LogP contribution in [0.2, 0.25) is 5.02 Å². The van der Waals surface area contributed by atoms with Crippen LogP contribution < -0.4 is 10.5 Å². The van der Waals surface area contributed by atoms with E-state index in [9.17, 15) is 0 Å². The van der Waals surface area contributed by atoms with E-state index in [1.807, 2.05) is 31.2 Å². The van der Waals surface area contributed by atoms with E-state index in [0.717, 1.165) is 11.1 Å². The van der Waals surface area contributed by atoms with Gasteiger partial charge in [0, 0.05) is 12.1 Å². The second kappa shape index (κ2) is 5.03. The monoisotopic (exact) mass is 211 g/mol. The molecular weight excluding hydrogens is 198 g/mol. The molecule has 0 bridgehead atoms. The Kier molecular flexibility index (Phi) is 3.98. The zero-order valence-corrected chi connectivity index (χ0v) is 9.14. The lowest BCUT2D eigenvalue weighted by molar-refractivity contribution is 0.413. The summed E-state index contributed by atoms with van der Waals surface area (Å²) >= 11 is 5.99. The highest BCUT2D eigenvalue weighted by Gasteiger charge is 2.07. The molecule has 0 atom stereocenters. The van der Waals surface area contributed by atoms with Crippen LogP contribution in [0.15, 0.2) is 18.2 Å². The molecule has 1 aromatic carbocycles. The predicted molar refractivity (Wildman–Crippen MR) is 60.8 cm³/mol. The smallest absolute Gasteiger partial charge is 0.144 e. The van der Waals surface area contributed by atoms with Crippen LogP contribution in [-0.4, -0.2) is 13.7 Å². The molecule has 0 saturated carbocycles. The van der Waals surface area contributed by atoms with Crippen LogP contribution in [0.5, 0.6) is 5.75 Å². The number of aryl methyl sites for hydroxylation is 1. The van der Waals surface area contributed by atoms with Gasteiger partial charge in [0.15, 0.2) is 0 Å². The molecule has 1 aromatic rings. The molecule has 0 amide bonds. The number of hydrogen-bond donors (Lipinski definition) is 1. The van der Waals surface area contributed by atoms with Gasteiger partial charge < -0.3 is 10.5 Å². The van der Waals surface area contributed by atoms with Crippen molar-refractivity contribution in [2.24, 2.45) is 5.73 Å². The van der Waals surface area contributed by atoms with Gasteiger partial charge in [-0.1, -0.05) is 29.8 Å². The van der Waals surface area contributed by atoms with Crippen molar-refractivity contribution in [2.45, 2.75) is 6.92 Å². The van der Waals surface area contributed by atoms with E-state index >= 15 is 0 Å². The quantitative estimate of drug-likeness (QED) is 0.834. The van der Waals surface area contributed by atoms with E-state index < -0.39 is 0 Å². The van der Waals surface area contributed by atoms with Gasteiger partial charge in [0.25, 0.3) is 0 Å². The highest BCUT2D eigenvalue weighted by Crippen LogP contribution is 2.31. The van der Waals surface area contributed by atoms with Gasteiger partial charge in [-0.05, 0) is 18.6 Å². The van der Waals surface area contributed by atoms with E-state index in [1.54, 1.807) is 7.11 Å². The van der Waals surface area contributed by atoms with Crippen LogP contribution >= 0.6 is 11.6 Å². The Bertz CT molecular complexity index is 347. The molecule has 0 radical (unpaired) electrons. The van der Waals surface area contributed by atoms with Crippen LogP contribution in [0.1, 0.15) is 11.1 Å². The van der Waals surface area contributed by atoms with Gasteiger partial charge in [0.2, 0.25) is 0 Å². The first-order valence-corrected chi connectivity index (χ1v) is 4.78. The minimum atomic E-state index is 0.509. The second-order valence-electron chi connectivity index (χ2n) is 2.95. The first-order chi connectivity index (χ1) is 6.70. The van der Waals surface area contributed by atoms with Crippen LogP contribution in [0.25, 0.3) is 6.08 Å². The second-order valence-corrected chi connectivity index (χ2v) is 3.36. The number of rotatable bonds is 3. The molecule has 14 heavy (non-hydrogen) atoms. The molecule has 0 fully saturated rings. The first kappa shape index (κ1) is 11.1. The highest BCUT2D eigenvalue weighted by molar-refractivity contribution is 6.32. The third-order valence-electron chi connectivity index (χ3n) is 1.99. The van der Waals surface area contributed by atoms with Crippen LogP contribution in [0.4, 0.5) is 0 Å². The van der Waals surface area contributed by atoms with Crippen molar-refractivity contribution in [1.29, 1.82) is 0 Å². The molecule has 0 aromatic heterocycles. The van der Waals surface area contributed by atoms with Crippen molar-refractivity contribution in [1.82, 2.24) is 0 Å². The van der Waals surface area contributed by atoms with Gasteiger partial charge in [-0.2, -0.15) is 0 Å². The van der Waals surface area contributed by atoms with E-state index in [0.29, 0.717) is 17.3 Å². The summed E-state index contributed by atoms with van der Waals surface area (Å²) in [6.45, 7) is 2.52. The van der Waals surface area contributed by atoms with Gasteiger partial charge in [-0.15, -0.1) is 0 Å². The van der Waals surface area contributed by atoms with Crippen molar-refractivity contribution in [2.75, 3.05) is 13.7 Å². The van der Waals surface area contributed by atoms with Gasteiger partial charge in [0.1, 0.15) is 5.75 Å². The number of nitrogens with two attached hydrogens (primary N) is 1. The lowest BCUT2D eigenvalue weighted by Crippen LogP contribution is -1.94. The Labute approximate surface area is 89.3 Å². The molecule has 2 nitrogen and oxygen atoms in total.